The number of nitrogens with zero attached hydrogens (tertiary/aromatic N) is 4. The Kier molecular flexibility index (Phi) is 3.86. The molecular formula is C11H16N4OS. The van der Waals surface area contributed by atoms with Crippen LogP contribution in [0.1, 0.15) is 42.8 Å². The summed E-state index contributed by atoms with van der Waals surface area (Å²) in [4.78, 5) is 4.47. The molecular weight excluding hydrogens is 236 g/mol. The van der Waals surface area contributed by atoms with Crippen molar-refractivity contribution in [3.05, 3.63) is 28.0 Å². The number of hydrogen-bond donors (Lipinski definition) is 1. The van der Waals surface area contributed by atoms with Crippen molar-refractivity contribution in [2.24, 2.45) is 0 Å². The third-order valence-corrected chi connectivity index (χ3v) is 3.55. The van der Waals surface area contributed by atoms with Gasteiger partial charge in [-0.25, -0.2) is 9.67 Å². The van der Waals surface area contributed by atoms with Crippen LogP contribution in [0.4, 0.5) is 0 Å². The van der Waals surface area contributed by atoms with Gasteiger partial charge in [-0.3, -0.25) is 0 Å². The van der Waals surface area contributed by atoms with E-state index in [1.54, 1.807) is 22.2 Å². The minimum absolute atomic E-state index is 0.523. The quantitative estimate of drug-likeness (QED) is 0.881. The topological polar surface area (TPSA) is 63.8 Å². The highest BCUT2D eigenvalue weighted by Gasteiger charge is 2.10. The molecule has 0 saturated heterocycles. The van der Waals surface area contributed by atoms with Gasteiger partial charge >= 0.3 is 0 Å². The van der Waals surface area contributed by atoms with Gasteiger partial charge in [0.2, 0.25) is 0 Å². The number of aromatic nitrogens is 4. The van der Waals surface area contributed by atoms with Crippen LogP contribution in [0, 0.1) is 0 Å². The number of aryl methyl sites for hydroxylation is 1. The van der Waals surface area contributed by atoms with E-state index in [4.69, 9.17) is 0 Å². The zero-order chi connectivity index (χ0) is 12.3. The molecule has 17 heavy (non-hydrogen) atoms. The van der Waals surface area contributed by atoms with Gasteiger partial charge in [-0.15, -0.1) is 16.4 Å². The molecule has 0 aliphatic heterocycles. The Bertz CT molecular complexity index is 479. The maximum absolute atomic E-state index is 9.62. The standard InChI is InChI=1S/C11H16N4OS/c1-3-10(16)9-6-15(14-13-9)5-8-7-17-11(4-2)12-8/h6-7,10,16H,3-5H2,1-2H3. The van der Waals surface area contributed by atoms with Gasteiger partial charge < -0.3 is 5.11 Å². The fraction of sp³-hybridized carbons (Fsp3) is 0.545. The molecule has 92 valence electrons. The number of rotatable bonds is 5. The summed E-state index contributed by atoms with van der Waals surface area (Å²) >= 11 is 1.66. The van der Waals surface area contributed by atoms with E-state index < -0.39 is 6.10 Å². The lowest BCUT2D eigenvalue weighted by Crippen LogP contribution is -2.01. The van der Waals surface area contributed by atoms with Gasteiger partial charge in [-0.1, -0.05) is 19.1 Å². The average molecular weight is 252 g/mol. The second kappa shape index (κ2) is 5.37. The van der Waals surface area contributed by atoms with E-state index in [-0.39, 0.29) is 0 Å². The van der Waals surface area contributed by atoms with Crippen molar-refractivity contribution < 1.29 is 5.11 Å². The summed E-state index contributed by atoms with van der Waals surface area (Å²) < 4.78 is 1.71. The van der Waals surface area contributed by atoms with Crippen molar-refractivity contribution in [2.45, 2.75) is 39.3 Å². The summed E-state index contributed by atoms with van der Waals surface area (Å²) in [5.74, 6) is 0. The van der Waals surface area contributed by atoms with Crippen LogP contribution >= 0.6 is 11.3 Å². The monoisotopic (exact) mass is 252 g/mol. The second-order valence-electron chi connectivity index (χ2n) is 3.85. The van der Waals surface area contributed by atoms with Gasteiger partial charge in [0.15, 0.2) is 0 Å². The van der Waals surface area contributed by atoms with E-state index in [2.05, 4.69) is 22.2 Å². The molecule has 5 nitrogen and oxygen atoms in total. The number of hydrogen-bond acceptors (Lipinski definition) is 5. The van der Waals surface area contributed by atoms with Crippen molar-refractivity contribution >= 4 is 11.3 Å². The SMILES string of the molecule is CCc1nc(Cn2cc(C(O)CC)nn2)cs1. The van der Waals surface area contributed by atoms with Crippen LogP contribution < -0.4 is 0 Å². The molecule has 0 aromatic carbocycles. The molecule has 1 unspecified atom stereocenters. The summed E-state index contributed by atoms with van der Waals surface area (Å²) in [6.07, 6.45) is 2.86. The third-order valence-electron chi connectivity index (χ3n) is 2.51. The smallest absolute Gasteiger partial charge is 0.111 e. The van der Waals surface area contributed by atoms with Gasteiger partial charge in [-0.2, -0.15) is 0 Å². The molecule has 6 heteroatoms. The molecule has 0 aliphatic rings. The molecule has 1 N–H and O–H groups in total. The zero-order valence-electron chi connectivity index (χ0n) is 10.00. The lowest BCUT2D eigenvalue weighted by atomic mass is 10.2. The average Bonchev–Trinajstić information content (AvgIpc) is 2.97. The van der Waals surface area contributed by atoms with Crippen LogP contribution in [0.5, 0.6) is 0 Å². The Morgan fingerprint density at radius 2 is 2.29 bits per heavy atom. The van der Waals surface area contributed by atoms with Crippen LogP contribution in [0.2, 0.25) is 0 Å². The minimum Gasteiger partial charge on any atom is -0.387 e. The van der Waals surface area contributed by atoms with Crippen molar-refractivity contribution in [3.63, 3.8) is 0 Å². The Balaban J connectivity index is 2.06. The molecule has 1 atom stereocenters. The Hall–Kier alpha value is -1.27. The Labute approximate surface area is 104 Å². The van der Waals surface area contributed by atoms with Gasteiger partial charge in [0.05, 0.1) is 29.5 Å². The molecule has 0 saturated carbocycles. The highest BCUT2D eigenvalue weighted by Crippen LogP contribution is 2.14. The molecule has 2 heterocycles. The number of thiazole rings is 1. The Morgan fingerprint density at radius 1 is 1.47 bits per heavy atom. The molecule has 2 aromatic rings. The number of aliphatic hydroxyl groups excluding tert-OH is 1. The highest BCUT2D eigenvalue weighted by molar-refractivity contribution is 7.09. The lowest BCUT2D eigenvalue weighted by Gasteiger charge is -2.00. The summed E-state index contributed by atoms with van der Waals surface area (Å²) in [6, 6.07) is 0. The molecule has 2 aromatic heterocycles. The van der Waals surface area contributed by atoms with E-state index in [1.807, 2.05) is 12.3 Å². The predicted molar refractivity (Wildman–Crippen MR) is 65.9 cm³/mol. The third kappa shape index (κ3) is 2.89. The zero-order valence-corrected chi connectivity index (χ0v) is 10.8. The fourth-order valence-corrected chi connectivity index (χ4v) is 2.24. The van der Waals surface area contributed by atoms with Crippen LogP contribution in [-0.4, -0.2) is 25.1 Å². The van der Waals surface area contributed by atoms with Crippen LogP contribution in [0.25, 0.3) is 0 Å². The maximum Gasteiger partial charge on any atom is 0.111 e. The first-order valence-electron chi connectivity index (χ1n) is 5.74. The van der Waals surface area contributed by atoms with Crippen molar-refractivity contribution in [1.82, 2.24) is 20.0 Å². The van der Waals surface area contributed by atoms with E-state index in [0.29, 0.717) is 18.7 Å². The molecule has 0 aliphatic carbocycles. The summed E-state index contributed by atoms with van der Waals surface area (Å²) in [5.41, 5.74) is 1.62. The van der Waals surface area contributed by atoms with E-state index in [0.717, 1.165) is 17.1 Å². The lowest BCUT2D eigenvalue weighted by molar-refractivity contribution is 0.168. The Morgan fingerprint density at radius 3 is 2.94 bits per heavy atom. The van der Waals surface area contributed by atoms with Gasteiger partial charge in [-0.05, 0) is 12.8 Å². The predicted octanol–water partition coefficient (Wildman–Crippen LogP) is 1.79. The maximum atomic E-state index is 9.62. The fourth-order valence-electron chi connectivity index (χ4n) is 1.50. The largest absolute Gasteiger partial charge is 0.387 e. The van der Waals surface area contributed by atoms with Crippen LogP contribution in [0.3, 0.4) is 0 Å². The van der Waals surface area contributed by atoms with E-state index in [1.165, 1.54) is 0 Å². The summed E-state index contributed by atoms with van der Waals surface area (Å²) in [6.45, 7) is 4.62. The highest BCUT2D eigenvalue weighted by atomic mass is 32.1. The first kappa shape index (κ1) is 12.2. The minimum atomic E-state index is -0.523. The first-order chi connectivity index (χ1) is 8.22. The van der Waals surface area contributed by atoms with Gasteiger partial charge in [0.25, 0.3) is 0 Å². The summed E-state index contributed by atoms with van der Waals surface area (Å²) in [5, 5.41) is 20.7. The van der Waals surface area contributed by atoms with Crippen molar-refractivity contribution in [3.8, 4) is 0 Å². The summed E-state index contributed by atoms with van der Waals surface area (Å²) in [7, 11) is 0. The molecule has 2 rings (SSSR count). The second-order valence-corrected chi connectivity index (χ2v) is 4.79. The molecule has 0 spiro atoms. The van der Waals surface area contributed by atoms with E-state index in [9.17, 15) is 5.11 Å². The van der Waals surface area contributed by atoms with Gasteiger partial charge in [0, 0.05) is 5.38 Å². The van der Waals surface area contributed by atoms with Crippen LogP contribution in [0.15, 0.2) is 11.6 Å². The molecule has 0 bridgehead atoms. The molecule has 0 amide bonds. The van der Waals surface area contributed by atoms with Crippen molar-refractivity contribution in [1.29, 1.82) is 0 Å². The van der Waals surface area contributed by atoms with Crippen LogP contribution in [-0.2, 0) is 13.0 Å². The van der Waals surface area contributed by atoms with Gasteiger partial charge in [0.1, 0.15) is 5.69 Å². The van der Waals surface area contributed by atoms with Crippen molar-refractivity contribution in [2.75, 3.05) is 0 Å². The number of aliphatic hydroxyl groups is 1. The normalized spacial score (nSPS) is 12.9. The molecule has 0 radical (unpaired) electrons. The molecule has 0 fully saturated rings. The van der Waals surface area contributed by atoms with E-state index >= 15 is 0 Å². The first-order valence-corrected chi connectivity index (χ1v) is 6.62.